The van der Waals surface area contributed by atoms with Gasteiger partial charge in [0.15, 0.2) is 0 Å². The van der Waals surface area contributed by atoms with Crippen LogP contribution in [0.2, 0.25) is 0 Å². The standard InChI is InChI=1S/C29H34N4O3S/c1-22-10-13-27(14-11-22)37(35,36)33(28-19-23(2)9-12-24(28)3)21-29(34)31-30-26-15-17-32(18-16-26)20-25-7-5-4-6-8-25/h4-14,19H,15-18,20-21H2,1-3H3,(H,31,34). The highest BCUT2D eigenvalue weighted by molar-refractivity contribution is 7.92. The van der Waals surface area contributed by atoms with E-state index < -0.39 is 15.9 Å². The normalized spacial score (nSPS) is 14.3. The monoisotopic (exact) mass is 518 g/mol. The Morgan fingerprint density at radius 3 is 2.24 bits per heavy atom. The second-order valence-electron chi connectivity index (χ2n) is 9.59. The van der Waals surface area contributed by atoms with Crippen LogP contribution >= 0.6 is 0 Å². The van der Waals surface area contributed by atoms with Gasteiger partial charge in [0.05, 0.1) is 10.6 Å². The Labute approximate surface area is 219 Å². The Morgan fingerprint density at radius 2 is 1.57 bits per heavy atom. The summed E-state index contributed by atoms with van der Waals surface area (Å²) in [5, 5.41) is 4.35. The van der Waals surface area contributed by atoms with Gasteiger partial charge in [0.2, 0.25) is 0 Å². The lowest BCUT2D eigenvalue weighted by Crippen LogP contribution is -2.40. The van der Waals surface area contributed by atoms with Crippen molar-refractivity contribution in [2.45, 2.75) is 45.1 Å². The molecule has 1 amide bonds. The number of likely N-dealkylation sites (tertiary alicyclic amines) is 1. The molecule has 37 heavy (non-hydrogen) atoms. The first-order chi connectivity index (χ1) is 17.7. The maximum atomic E-state index is 13.6. The minimum absolute atomic E-state index is 0.143. The lowest BCUT2D eigenvalue weighted by Gasteiger charge is -2.28. The third kappa shape index (κ3) is 6.84. The van der Waals surface area contributed by atoms with Crippen LogP contribution in [0.15, 0.2) is 82.8 Å². The first-order valence-electron chi connectivity index (χ1n) is 12.5. The van der Waals surface area contributed by atoms with Crippen LogP contribution in [0, 0.1) is 20.8 Å². The Hall–Kier alpha value is -3.49. The van der Waals surface area contributed by atoms with E-state index in [-0.39, 0.29) is 11.4 Å². The predicted octanol–water partition coefficient (Wildman–Crippen LogP) is 4.58. The quantitative estimate of drug-likeness (QED) is 0.443. The van der Waals surface area contributed by atoms with Crippen LogP contribution in [-0.2, 0) is 21.4 Å². The number of carbonyl (C=O) groups is 1. The van der Waals surface area contributed by atoms with Gasteiger partial charge in [-0.05, 0) is 55.7 Å². The maximum Gasteiger partial charge on any atom is 0.264 e. The molecule has 1 N–H and O–H groups in total. The minimum atomic E-state index is -3.97. The number of hydrazone groups is 1. The average Bonchev–Trinajstić information content (AvgIpc) is 2.89. The van der Waals surface area contributed by atoms with E-state index in [1.54, 1.807) is 30.3 Å². The van der Waals surface area contributed by atoms with E-state index in [0.29, 0.717) is 5.69 Å². The Morgan fingerprint density at radius 1 is 0.919 bits per heavy atom. The van der Waals surface area contributed by atoms with E-state index in [0.717, 1.165) is 54.9 Å². The molecule has 0 radical (unpaired) electrons. The number of nitrogens with zero attached hydrogens (tertiary/aromatic N) is 3. The molecule has 3 aromatic carbocycles. The highest BCUT2D eigenvalue weighted by Gasteiger charge is 2.28. The summed E-state index contributed by atoms with van der Waals surface area (Å²) in [5.41, 5.74) is 7.92. The van der Waals surface area contributed by atoms with Gasteiger partial charge < -0.3 is 0 Å². The number of aryl methyl sites for hydroxylation is 3. The average molecular weight is 519 g/mol. The van der Waals surface area contributed by atoms with Crippen LogP contribution < -0.4 is 9.73 Å². The molecule has 3 aromatic rings. The second kappa shape index (κ2) is 11.7. The molecular formula is C29H34N4O3S. The van der Waals surface area contributed by atoms with Crippen LogP contribution in [0.1, 0.15) is 35.1 Å². The molecule has 1 fully saturated rings. The van der Waals surface area contributed by atoms with Gasteiger partial charge >= 0.3 is 0 Å². The molecule has 1 heterocycles. The molecule has 1 aliphatic heterocycles. The number of amides is 1. The van der Waals surface area contributed by atoms with Crippen LogP contribution in [0.5, 0.6) is 0 Å². The lowest BCUT2D eigenvalue weighted by atomic mass is 10.1. The molecule has 194 valence electrons. The maximum absolute atomic E-state index is 13.6. The van der Waals surface area contributed by atoms with Crippen molar-refractivity contribution < 1.29 is 13.2 Å². The summed E-state index contributed by atoms with van der Waals surface area (Å²) in [6, 6.07) is 22.6. The smallest absolute Gasteiger partial charge is 0.264 e. The largest absolute Gasteiger partial charge is 0.298 e. The number of hydrogen-bond donors (Lipinski definition) is 1. The van der Waals surface area contributed by atoms with Gasteiger partial charge in [-0.1, -0.05) is 60.2 Å². The zero-order chi connectivity index (χ0) is 26.4. The molecule has 0 aromatic heterocycles. The minimum Gasteiger partial charge on any atom is -0.298 e. The van der Waals surface area contributed by atoms with Gasteiger partial charge in [-0.3, -0.25) is 14.0 Å². The molecule has 4 rings (SSSR count). The van der Waals surface area contributed by atoms with Crippen LogP contribution in [-0.4, -0.2) is 44.6 Å². The summed E-state index contributed by atoms with van der Waals surface area (Å²) in [5.74, 6) is -0.476. The van der Waals surface area contributed by atoms with E-state index in [1.807, 2.05) is 51.1 Å². The van der Waals surface area contributed by atoms with Gasteiger partial charge in [0, 0.05) is 38.2 Å². The SMILES string of the molecule is Cc1ccc(S(=O)(=O)N(CC(=O)NN=C2CCN(Cc3ccccc3)CC2)c2cc(C)ccc2C)cc1. The van der Waals surface area contributed by atoms with Gasteiger partial charge in [0.1, 0.15) is 6.54 Å². The molecule has 0 spiro atoms. The molecular weight excluding hydrogens is 484 g/mol. The van der Waals surface area contributed by atoms with E-state index in [4.69, 9.17) is 0 Å². The first-order valence-corrected chi connectivity index (χ1v) is 13.9. The van der Waals surface area contributed by atoms with E-state index >= 15 is 0 Å². The summed E-state index contributed by atoms with van der Waals surface area (Å²) < 4.78 is 28.5. The second-order valence-corrected chi connectivity index (χ2v) is 11.5. The van der Waals surface area contributed by atoms with Gasteiger partial charge in [-0.15, -0.1) is 0 Å². The molecule has 0 bridgehead atoms. The number of nitrogens with one attached hydrogen (secondary N) is 1. The summed E-state index contributed by atoms with van der Waals surface area (Å²) in [4.78, 5) is 15.5. The summed E-state index contributed by atoms with van der Waals surface area (Å²) in [6.45, 7) is 7.89. The topological polar surface area (TPSA) is 82.1 Å². The fourth-order valence-electron chi connectivity index (χ4n) is 4.36. The van der Waals surface area contributed by atoms with Crippen LogP contribution in [0.4, 0.5) is 5.69 Å². The van der Waals surface area contributed by atoms with Crippen molar-refractivity contribution in [3.05, 3.63) is 95.1 Å². The molecule has 0 unspecified atom stereocenters. The van der Waals surface area contributed by atoms with Gasteiger partial charge in [0.25, 0.3) is 15.9 Å². The third-order valence-corrected chi connectivity index (χ3v) is 8.32. The van der Waals surface area contributed by atoms with Crippen molar-refractivity contribution in [1.29, 1.82) is 0 Å². The predicted molar refractivity (Wildman–Crippen MR) is 148 cm³/mol. The van der Waals surface area contributed by atoms with Gasteiger partial charge in [-0.25, -0.2) is 13.8 Å². The Bertz CT molecular complexity index is 1360. The summed E-state index contributed by atoms with van der Waals surface area (Å²) in [6.07, 6.45) is 1.52. The van der Waals surface area contributed by atoms with Crippen LogP contribution in [0.25, 0.3) is 0 Å². The fraction of sp³-hybridized carbons (Fsp3) is 0.310. The summed E-state index contributed by atoms with van der Waals surface area (Å²) in [7, 11) is -3.97. The van der Waals surface area contributed by atoms with Gasteiger partial charge in [-0.2, -0.15) is 5.10 Å². The number of anilines is 1. The lowest BCUT2D eigenvalue weighted by molar-refractivity contribution is -0.119. The Kier molecular flexibility index (Phi) is 8.41. The zero-order valence-corrected chi connectivity index (χ0v) is 22.5. The molecule has 0 aliphatic carbocycles. The van der Waals surface area contributed by atoms with Crippen molar-refractivity contribution in [1.82, 2.24) is 10.3 Å². The molecule has 1 aliphatic rings. The van der Waals surface area contributed by atoms with E-state index in [2.05, 4.69) is 27.6 Å². The molecule has 7 nitrogen and oxygen atoms in total. The van der Waals surface area contributed by atoms with Crippen LogP contribution in [0.3, 0.4) is 0 Å². The first kappa shape index (κ1) is 26.6. The van der Waals surface area contributed by atoms with Crippen molar-refractivity contribution >= 4 is 27.3 Å². The number of rotatable bonds is 8. The Balaban J connectivity index is 1.45. The van der Waals surface area contributed by atoms with Crippen molar-refractivity contribution in [3.63, 3.8) is 0 Å². The van der Waals surface area contributed by atoms with E-state index in [1.165, 1.54) is 9.87 Å². The number of piperidine rings is 1. The molecule has 8 heteroatoms. The third-order valence-electron chi connectivity index (χ3n) is 6.55. The van der Waals surface area contributed by atoms with E-state index in [9.17, 15) is 13.2 Å². The number of hydrogen-bond acceptors (Lipinski definition) is 5. The number of sulfonamides is 1. The van der Waals surface area contributed by atoms with Crippen molar-refractivity contribution in [3.8, 4) is 0 Å². The molecule has 0 saturated carbocycles. The summed E-state index contributed by atoms with van der Waals surface area (Å²) >= 11 is 0. The number of benzene rings is 3. The van der Waals surface area contributed by atoms with Crippen molar-refractivity contribution in [2.75, 3.05) is 23.9 Å². The fourth-order valence-corrected chi connectivity index (χ4v) is 5.83. The molecule has 0 atom stereocenters. The van der Waals surface area contributed by atoms with Crippen molar-refractivity contribution in [2.24, 2.45) is 5.10 Å². The zero-order valence-electron chi connectivity index (χ0n) is 21.6. The highest BCUT2D eigenvalue weighted by Crippen LogP contribution is 2.28. The molecule has 1 saturated heterocycles. The number of carbonyl (C=O) groups excluding carboxylic acids is 1. The highest BCUT2D eigenvalue weighted by atomic mass is 32.2.